The van der Waals surface area contributed by atoms with E-state index in [4.69, 9.17) is 0 Å². The van der Waals surface area contributed by atoms with E-state index in [1.54, 1.807) is 16.2 Å². The van der Waals surface area contributed by atoms with Crippen LogP contribution < -0.4 is 5.32 Å². The number of nitrogens with zero attached hydrogens (tertiary/aromatic N) is 1. The van der Waals surface area contributed by atoms with E-state index in [9.17, 15) is 14.7 Å². The van der Waals surface area contributed by atoms with E-state index in [1.165, 1.54) is 10.4 Å². The lowest BCUT2D eigenvalue weighted by molar-refractivity contribution is -0.145. The maximum absolute atomic E-state index is 12.3. The first-order chi connectivity index (χ1) is 10.0. The highest BCUT2D eigenvalue weighted by atomic mass is 32.1. The average Bonchev–Trinajstić information content (AvgIpc) is 2.95. The third kappa shape index (κ3) is 3.27. The molecule has 116 valence electrons. The molecule has 5 nitrogen and oxygen atoms in total. The molecule has 2 rings (SSSR count). The van der Waals surface area contributed by atoms with Crippen molar-refractivity contribution in [1.29, 1.82) is 0 Å². The van der Waals surface area contributed by atoms with Gasteiger partial charge in [-0.05, 0) is 36.3 Å². The third-order valence-electron chi connectivity index (χ3n) is 4.35. The van der Waals surface area contributed by atoms with Crippen molar-refractivity contribution in [1.82, 2.24) is 10.2 Å². The van der Waals surface area contributed by atoms with E-state index in [2.05, 4.69) is 16.8 Å². The average molecular weight is 310 g/mol. The Labute approximate surface area is 129 Å². The number of fused-ring (bicyclic) bond motifs is 1. The molecule has 0 saturated heterocycles. The highest BCUT2D eigenvalue weighted by Gasteiger charge is 2.35. The highest BCUT2D eigenvalue weighted by molar-refractivity contribution is 7.10. The van der Waals surface area contributed by atoms with Gasteiger partial charge in [0.1, 0.15) is 5.54 Å². The summed E-state index contributed by atoms with van der Waals surface area (Å²) in [5, 5.41) is 14.4. The molecule has 21 heavy (non-hydrogen) atoms. The van der Waals surface area contributed by atoms with Crippen LogP contribution in [0, 0.1) is 0 Å². The number of rotatable bonds is 6. The summed E-state index contributed by atoms with van der Waals surface area (Å²) in [6.45, 7) is 5.08. The minimum atomic E-state index is -1.00. The summed E-state index contributed by atoms with van der Waals surface area (Å²) in [5.74, 6) is -0.918. The normalized spacial score (nSPS) is 14.9. The summed E-state index contributed by atoms with van der Waals surface area (Å²) < 4.78 is 0. The molecular formula is C15H22N2O3S. The Morgan fingerprint density at radius 3 is 2.76 bits per heavy atom. The Balaban J connectivity index is 1.95. The molecular weight excluding hydrogens is 288 g/mol. The van der Waals surface area contributed by atoms with Gasteiger partial charge in [0.25, 0.3) is 0 Å². The lowest BCUT2D eigenvalue weighted by Gasteiger charge is -2.31. The monoisotopic (exact) mass is 310 g/mol. The first-order valence-electron chi connectivity index (χ1n) is 7.34. The number of carboxylic acid groups (broad SMARTS) is 1. The molecule has 1 aromatic rings. The molecule has 0 aliphatic carbocycles. The molecule has 1 aliphatic rings. The Hall–Kier alpha value is -1.40. The third-order valence-corrected chi connectivity index (χ3v) is 5.38. The van der Waals surface area contributed by atoms with E-state index < -0.39 is 11.5 Å². The minimum absolute atomic E-state index is 0.0284. The van der Waals surface area contributed by atoms with Gasteiger partial charge in [-0.25, -0.2) is 0 Å². The van der Waals surface area contributed by atoms with Crippen molar-refractivity contribution >= 4 is 23.2 Å². The lowest BCUT2D eigenvalue weighted by Crippen LogP contribution is -2.54. The van der Waals surface area contributed by atoms with Crippen molar-refractivity contribution < 1.29 is 14.7 Å². The Morgan fingerprint density at radius 2 is 2.14 bits per heavy atom. The van der Waals surface area contributed by atoms with Crippen molar-refractivity contribution in [2.24, 2.45) is 0 Å². The zero-order chi connectivity index (χ0) is 15.5. The van der Waals surface area contributed by atoms with Crippen molar-refractivity contribution in [2.75, 3.05) is 13.1 Å². The molecule has 2 N–H and O–H groups in total. The van der Waals surface area contributed by atoms with Crippen LogP contribution in [0.4, 0.5) is 0 Å². The maximum atomic E-state index is 12.3. The summed E-state index contributed by atoms with van der Waals surface area (Å²) in [4.78, 5) is 26.9. The molecule has 1 aliphatic heterocycles. The summed E-state index contributed by atoms with van der Waals surface area (Å²) in [6.07, 6.45) is 1.81. The molecule has 0 aromatic carbocycles. The second-order valence-electron chi connectivity index (χ2n) is 5.38. The SMILES string of the molecule is CCC(CC)(NCC(=O)N1CCc2sccc2C1)C(=O)O. The molecule has 1 amide bonds. The second-order valence-corrected chi connectivity index (χ2v) is 6.38. The van der Waals surface area contributed by atoms with Crippen LogP contribution in [0.15, 0.2) is 11.4 Å². The van der Waals surface area contributed by atoms with Crippen molar-refractivity contribution in [3.05, 3.63) is 21.9 Å². The maximum Gasteiger partial charge on any atom is 0.323 e. The minimum Gasteiger partial charge on any atom is -0.480 e. The first kappa shape index (κ1) is 16.0. The number of carbonyl (C=O) groups is 2. The van der Waals surface area contributed by atoms with E-state index in [-0.39, 0.29) is 12.5 Å². The molecule has 6 heteroatoms. The lowest BCUT2D eigenvalue weighted by atomic mass is 9.93. The number of nitrogens with one attached hydrogen (secondary N) is 1. The van der Waals surface area contributed by atoms with Crippen molar-refractivity contribution in [2.45, 2.75) is 45.2 Å². The van der Waals surface area contributed by atoms with E-state index in [0.29, 0.717) is 25.9 Å². The van der Waals surface area contributed by atoms with Gasteiger partial charge >= 0.3 is 5.97 Å². The van der Waals surface area contributed by atoms with Gasteiger partial charge in [0.2, 0.25) is 5.91 Å². The highest BCUT2D eigenvalue weighted by Crippen LogP contribution is 2.24. The fourth-order valence-electron chi connectivity index (χ4n) is 2.70. The molecule has 0 radical (unpaired) electrons. The van der Waals surface area contributed by atoms with Gasteiger partial charge in [-0.3, -0.25) is 14.9 Å². The summed E-state index contributed by atoms with van der Waals surface area (Å²) in [5.41, 5.74) is 0.217. The van der Waals surface area contributed by atoms with Crippen molar-refractivity contribution in [3.8, 4) is 0 Å². The quantitative estimate of drug-likeness (QED) is 0.841. The van der Waals surface area contributed by atoms with Gasteiger partial charge in [-0.15, -0.1) is 11.3 Å². The van der Waals surface area contributed by atoms with Crippen LogP contribution in [0.5, 0.6) is 0 Å². The Kier molecular flexibility index (Phi) is 5.00. The van der Waals surface area contributed by atoms with Crippen LogP contribution in [0.2, 0.25) is 0 Å². The molecule has 0 saturated carbocycles. The van der Waals surface area contributed by atoms with Crippen LogP contribution >= 0.6 is 11.3 Å². The van der Waals surface area contributed by atoms with Gasteiger partial charge in [0.15, 0.2) is 0 Å². The molecule has 0 spiro atoms. The second kappa shape index (κ2) is 6.58. The van der Waals surface area contributed by atoms with Crippen LogP contribution in [-0.4, -0.2) is 40.5 Å². The summed E-state index contributed by atoms with van der Waals surface area (Å²) >= 11 is 1.74. The summed E-state index contributed by atoms with van der Waals surface area (Å²) in [7, 11) is 0. The van der Waals surface area contributed by atoms with E-state index >= 15 is 0 Å². The molecule has 0 bridgehead atoms. The number of hydrogen-bond acceptors (Lipinski definition) is 4. The fourth-order valence-corrected chi connectivity index (χ4v) is 3.59. The smallest absolute Gasteiger partial charge is 0.323 e. The van der Waals surface area contributed by atoms with Gasteiger partial charge in [-0.1, -0.05) is 13.8 Å². The number of thiophene rings is 1. The zero-order valence-electron chi connectivity index (χ0n) is 12.5. The van der Waals surface area contributed by atoms with Crippen molar-refractivity contribution in [3.63, 3.8) is 0 Å². The number of carboxylic acids is 1. The largest absolute Gasteiger partial charge is 0.480 e. The topological polar surface area (TPSA) is 69.6 Å². The van der Waals surface area contributed by atoms with E-state index in [1.807, 2.05) is 13.8 Å². The zero-order valence-corrected chi connectivity index (χ0v) is 13.3. The molecule has 2 heterocycles. The molecule has 0 atom stereocenters. The van der Waals surface area contributed by atoms with Crippen LogP contribution in [0.1, 0.15) is 37.1 Å². The predicted octanol–water partition coefficient (Wildman–Crippen LogP) is 1.87. The van der Waals surface area contributed by atoms with Gasteiger partial charge < -0.3 is 10.0 Å². The number of amides is 1. The first-order valence-corrected chi connectivity index (χ1v) is 8.21. The van der Waals surface area contributed by atoms with Crippen LogP contribution in [0.3, 0.4) is 0 Å². The number of carbonyl (C=O) groups excluding carboxylic acids is 1. The van der Waals surface area contributed by atoms with Gasteiger partial charge in [0.05, 0.1) is 6.54 Å². The number of aliphatic carboxylic acids is 1. The number of hydrogen-bond donors (Lipinski definition) is 2. The Bertz CT molecular complexity index is 523. The predicted molar refractivity (Wildman–Crippen MR) is 82.4 cm³/mol. The molecule has 0 unspecified atom stereocenters. The Morgan fingerprint density at radius 1 is 1.43 bits per heavy atom. The standard InChI is InChI=1S/C15H22N2O3S/c1-3-15(4-2,14(19)20)16-9-13(18)17-7-5-12-11(10-17)6-8-21-12/h6,8,16H,3-5,7,9-10H2,1-2H3,(H,19,20). The van der Waals surface area contributed by atoms with Crippen LogP contribution in [-0.2, 0) is 22.6 Å². The molecule has 1 aromatic heterocycles. The summed E-state index contributed by atoms with van der Waals surface area (Å²) in [6, 6.07) is 2.06. The van der Waals surface area contributed by atoms with Gasteiger partial charge in [-0.2, -0.15) is 0 Å². The van der Waals surface area contributed by atoms with Crippen LogP contribution in [0.25, 0.3) is 0 Å². The van der Waals surface area contributed by atoms with E-state index in [0.717, 1.165) is 6.42 Å². The fraction of sp³-hybridized carbons (Fsp3) is 0.600. The van der Waals surface area contributed by atoms with Gasteiger partial charge in [0, 0.05) is 18.0 Å². The molecule has 0 fully saturated rings.